The second-order valence-corrected chi connectivity index (χ2v) is 4.68. The number of rotatable bonds is 8. The van der Waals surface area contributed by atoms with Crippen molar-refractivity contribution in [3.05, 3.63) is 35.9 Å². The van der Waals surface area contributed by atoms with E-state index in [-0.39, 0.29) is 18.0 Å². The average Bonchev–Trinajstić information content (AvgIpc) is 2.45. The Morgan fingerprint density at radius 2 is 1.80 bits per heavy atom. The molecule has 1 aromatic carbocycles. The fourth-order valence-electron chi connectivity index (χ4n) is 1.74. The van der Waals surface area contributed by atoms with Gasteiger partial charge in [-0.1, -0.05) is 43.7 Å². The summed E-state index contributed by atoms with van der Waals surface area (Å²) < 4.78 is 5.03. The molecule has 4 heteroatoms. The minimum Gasteiger partial charge on any atom is -0.465 e. The van der Waals surface area contributed by atoms with Crippen LogP contribution in [0.3, 0.4) is 0 Å². The van der Waals surface area contributed by atoms with Gasteiger partial charge in [-0.15, -0.1) is 0 Å². The van der Waals surface area contributed by atoms with Crippen LogP contribution >= 0.6 is 0 Å². The fraction of sp³-hybridized carbons (Fsp3) is 0.438. The first-order valence-electron chi connectivity index (χ1n) is 6.81. The summed E-state index contributed by atoms with van der Waals surface area (Å²) >= 11 is 0. The van der Waals surface area contributed by atoms with Gasteiger partial charge in [0.05, 0.1) is 6.61 Å². The number of Topliss-reactive ketones (excluding diaryl/α,β-unsaturated/α-hetero) is 2. The number of ether oxygens (including phenoxy) is 1. The first kappa shape index (κ1) is 16.1. The second-order valence-electron chi connectivity index (χ2n) is 4.68. The maximum Gasteiger partial charge on any atom is 0.316 e. The molecule has 0 fully saturated rings. The van der Waals surface area contributed by atoms with Gasteiger partial charge >= 0.3 is 5.97 Å². The minimum atomic E-state index is -1.00. The molecule has 0 amide bonds. The Morgan fingerprint density at radius 3 is 2.35 bits per heavy atom. The molecule has 0 heterocycles. The topological polar surface area (TPSA) is 60.4 Å². The molecule has 0 aliphatic rings. The van der Waals surface area contributed by atoms with Crippen LogP contribution in [0.15, 0.2) is 30.3 Å². The van der Waals surface area contributed by atoms with E-state index in [2.05, 4.69) is 0 Å². The van der Waals surface area contributed by atoms with Crippen molar-refractivity contribution in [2.45, 2.75) is 33.1 Å². The number of carbonyl (C=O) groups excluding carboxylic acids is 3. The predicted octanol–water partition coefficient (Wildman–Crippen LogP) is 2.81. The third-order valence-electron chi connectivity index (χ3n) is 3.00. The van der Waals surface area contributed by atoms with Gasteiger partial charge in [-0.2, -0.15) is 0 Å². The van der Waals surface area contributed by atoms with E-state index in [1.54, 1.807) is 30.3 Å². The van der Waals surface area contributed by atoms with Crippen molar-refractivity contribution in [3.8, 4) is 0 Å². The van der Waals surface area contributed by atoms with E-state index in [0.717, 1.165) is 12.8 Å². The van der Waals surface area contributed by atoms with Crippen molar-refractivity contribution >= 4 is 17.5 Å². The van der Waals surface area contributed by atoms with Crippen LogP contribution in [0, 0.1) is 5.92 Å². The maximum atomic E-state index is 12.0. The van der Waals surface area contributed by atoms with Gasteiger partial charge in [-0.3, -0.25) is 14.4 Å². The lowest BCUT2D eigenvalue weighted by atomic mass is 9.95. The highest BCUT2D eigenvalue weighted by Gasteiger charge is 2.28. The molecule has 0 aliphatic heterocycles. The Kier molecular flexibility index (Phi) is 6.64. The molecule has 0 aromatic heterocycles. The van der Waals surface area contributed by atoms with Gasteiger partial charge < -0.3 is 4.74 Å². The molecule has 1 rings (SSSR count). The van der Waals surface area contributed by atoms with Gasteiger partial charge in [0, 0.05) is 12.0 Å². The third kappa shape index (κ3) is 4.96. The first-order chi connectivity index (χ1) is 9.56. The summed E-state index contributed by atoms with van der Waals surface area (Å²) in [6.45, 7) is 3.58. The van der Waals surface area contributed by atoms with Gasteiger partial charge in [0.1, 0.15) is 11.7 Å². The summed E-state index contributed by atoms with van der Waals surface area (Å²) in [5.41, 5.74) is 0.500. The van der Waals surface area contributed by atoms with Crippen molar-refractivity contribution in [2.24, 2.45) is 5.92 Å². The number of ketones is 2. The molecule has 0 saturated heterocycles. The molecule has 20 heavy (non-hydrogen) atoms. The van der Waals surface area contributed by atoms with E-state index >= 15 is 0 Å². The number of hydrogen-bond acceptors (Lipinski definition) is 4. The van der Waals surface area contributed by atoms with Crippen LogP contribution in [0.2, 0.25) is 0 Å². The molecule has 0 spiro atoms. The molecule has 4 nitrogen and oxygen atoms in total. The van der Waals surface area contributed by atoms with Crippen molar-refractivity contribution in [1.29, 1.82) is 0 Å². The number of benzene rings is 1. The normalized spacial score (nSPS) is 11.7. The van der Waals surface area contributed by atoms with E-state index < -0.39 is 11.9 Å². The minimum absolute atomic E-state index is 0.135. The third-order valence-corrected chi connectivity index (χ3v) is 3.00. The highest BCUT2D eigenvalue weighted by molar-refractivity contribution is 6.05. The molecule has 1 aromatic rings. The van der Waals surface area contributed by atoms with Gasteiger partial charge in [-0.05, 0) is 13.3 Å². The summed E-state index contributed by atoms with van der Waals surface area (Å²) in [6, 6.07) is 8.63. The molecule has 0 bridgehead atoms. The zero-order chi connectivity index (χ0) is 15.0. The van der Waals surface area contributed by atoms with Crippen molar-refractivity contribution < 1.29 is 19.1 Å². The van der Waals surface area contributed by atoms with Crippen molar-refractivity contribution in [3.63, 3.8) is 0 Å². The van der Waals surface area contributed by atoms with Crippen LogP contribution < -0.4 is 0 Å². The van der Waals surface area contributed by atoms with E-state index in [1.165, 1.54) is 6.92 Å². The van der Waals surface area contributed by atoms with Gasteiger partial charge in [0.25, 0.3) is 0 Å². The summed E-state index contributed by atoms with van der Waals surface area (Å²) in [7, 11) is 0. The van der Waals surface area contributed by atoms with Gasteiger partial charge in [-0.25, -0.2) is 0 Å². The highest BCUT2D eigenvalue weighted by Crippen LogP contribution is 2.13. The smallest absolute Gasteiger partial charge is 0.316 e. The molecule has 0 aliphatic carbocycles. The Morgan fingerprint density at radius 1 is 1.15 bits per heavy atom. The zero-order valence-electron chi connectivity index (χ0n) is 11.9. The number of esters is 1. The standard InChI is InChI=1S/C16H20O4/c1-3-4-10-20-16(19)14(12(2)17)11-15(18)13-8-6-5-7-9-13/h5-9,14H,3-4,10-11H2,1-2H3. The lowest BCUT2D eigenvalue weighted by molar-refractivity contribution is -0.151. The molecular weight excluding hydrogens is 256 g/mol. The summed E-state index contributed by atoms with van der Waals surface area (Å²) in [5.74, 6) is -2.16. The lowest BCUT2D eigenvalue weighted by Gasteiger charge is -2.12. The Bertz CT molecular complexity index is 465. The maximum absolute atomic E-state index is 12.0. The van der Waals surface area contributed by atoms with Crippen molar-refractivity contribution in [1.82, 2.24) is 0 Å². The van der Waals surface area contributed by atoms with E-state index in [9.17, 15) is 14.4 Å². The molecule has 108 valence electrons. The van der Waals surface area contributed by atoms with Crippen LogP contribution in [0.5, 0.6) is 0 Å². The van der Waals surface area contributed by atoms with E-state index in [0.29, 0.717) is 12.2 Å². The molecule has 0 N–H and O–H groups in total. The highest BCUT2D eigenvalue weighted by atomic mass is 16.5. The first-order valence-corrected chi connectivity index (χ1v) is 6.81. The van der Waals surface area contributed by atoms with Gasteiger partial charge in [0.15, 0.2) is 5.78 Å². The van der Waals surface area contributed by atoms with Crippen LogP contribution in [-0.2, 0) is 14.3 Å². The zero-order valence-corrected chi connectivity index (χ0v) is 11.9. The molecule has 0 radical (unpaired) electrons. The van der Waals surface area contributed by atoms with Crippen LogP contribution in [0.4, 0.5) is 0 Å². The monoisotopic (exact) mass is 276 g/mol. The van der Waals surface area contributed by atoms with E-state index in [1.807, 2.05) is 6.92 Å². The molecular formula is C16H20O4. The lowest BCUT2D eigenvalue weighted by Crippen LogP contribution is -2.27. The van der Waals surface area contributed by atoms with Gasteiger partial charge in [0.2, 0.25) is 0 Å². The van der Waals surface area contributed by atoms with Crippen LogP contribution in [-0.4, -0.2) is 24.1 Å². The van der Waals surface area contributed by atoms with Crippen LogP contribution in [0.25, 0.3) is 0 Å². The largest absolute Gasteiger partial charge is 0.465 e. The van der Waals surface area contributed by atoms with Crippen LogP contribution in [0.1, 0.15) is 43.5 Å². The Hall–Kier alpha value is -1.97. The van der Waals surface area contributed by atoms with Crippen molar-refractivity contribution in [2.75, 3.05) is 6.61 Å². The molecule has 1 atom stereocenters. The quantitative estimate of drug-likeness (QED) is 0.317. The predicted molar refractivity (Wildman–Crippen MR) is 75.4 cm³/mol. The second kappa shape index (κ2) is 8.25. The number of hydrogen-bond donors (Lipinski definition) is 0. The number of carbonyl (C=O) groups is 3. The van der Waals surface area contributed by atoms with E-state index in [4.69, 9.17) is 4.74 Å². The average molecular weight is 276 g/mol. The summed E-state index contributed by atoms with van der Waals surface area (Å²) in [6.07, 6.45) is 1.52. The SMILES string of the molecule is CCCCOC(=O)C(CC(=O)c1ccccc1)C(C)=O. The molecule has 1 unspecified atom stereocenters. The summed E-state index contributed by atoms with van der Waals surface area (Å²) in [4.78, 5) is 35.4. The molecule has 0 saturated carbocycles. The summed E-state index contributed by atoms with van der Waals surface area (Å²) in [5, 5.41) is 0. The Balaban J connectivity index is 2.65. The Labute approximate surface area is 119 Å². The number of unbranched alkanes of at least 4 members (excludes halogenated alkanes) is 1. The fourth-order valence-corrected chi connectivity index (χ4v) is 1.74.